The molecule has 0 heterocycles. The number of ketones is 1. The fraction of sp³-hybridized carbons (Fsp3) is 0.429. The molecule has 1 aromatic rings. The van der Waals surface area contributed by atoms with E-state index in [1.54, 1.807) is 4.90 Å². The summed E-state index contributed by atoms with van der Waals surface area (Å²) in [5.74, 6) is -0.542. The lowest BCUT2D eigenvalue weighted by Crippen LogP contribution is -2.34. The van der Waals surface area contributed by atoms with Crippen LogP contribution in [0.3, 0.4) is 0 Å². The number of hydrogen-bond acceptors (Lipinski definition) is 5. The number of Topliss-reactive ketones (excluding diaryl/α,β-unsaturated/α-hetero) is 1. The second-order valence-corrected chi connectivity index (χ2v) is 4.35. The molecule has 0 fully saturated rings. The minimum atomic E-state index is -0.635. The van der Waals surface area contributed by atoms with Crippen LogP contribution in [-0.4, -0.2) is 41.2 Å². The second kappa shape index (κ2) is 7.37. The molecular formula is C14H18N2O5. The Hall–Kier alpha value is -2.44. The number of amides is 1. The molecule has 1 aromatic carbocycles. The molecule has 0 saturated carbocycles. The monoisotopic (exact) mass is 294 g/mol. The molecule has 0 radical (unpaired) electrons. The molecular weight excluding hydrogens is 276 g/mol. The van der Waals surface area contributed by atoms with Crippen molar-refractivity contribution in [1.29, 1.82) is 0 Å². The van der Waals surface area contributed by atoms with E-state index in [-0.39, 0.29) is 35.3 Å². The van der Waals surface area contributed by atoms with Gasteiger partial charge in [0.2, 0.25) is 0 Å². The summed E-state index contributed by atoms with van der Waals surface area (Å²) >= 11 is 0. The Labute approximate surface area is 122 Å². The van der Waals surface area contributed by atoms with Gasteiger partial charge in [-0.1, -0.05) is 0 Å². The molecule has 1 rings (SSSR count). The molecule has 0 saturated heterocycles. The summed E-state index contributed by atoms with van der Waals surface area (Å²) in [6, 6.07) is 3.93. The number of nitro benzene ring substituents is 1. The van der Waals surface area contributed by atoms with Crippen LogP contribution in [0.4, 0.5) is 5.69 Å². The molecule has 0 aliphatic heterocycles. The molecule has 0 atom stereocenters. The van der Waals surface area contributed by atoms with Crippen molar-refractivity contribution in [2.45, 2.75) is 20.8 Å². The number of nitrogens with zero attached hydrogens (tertiary/aromatic N) is 2. The van der Waals surface area contributed by atoms with Crippen molar-refractivity contribution in [3.63, 3.8) is 0 Å². The van der Waals surface area contributed by atoms with Crippen LogP contribution in [-0.2, 0) is 4.79 Å². The third kappa shape index (κ3) is 4.27. The van der Waals surface area contributed by atoms with E-state index >= 15 is 0 Å². The second-order valence-electron chi connectivity index (χ2n) is 4.35. The first kappa shape index (κ1) is 16.6. The Kier molecular flexibility index (Phi) is 5.83. The summed E-state index contributed by atoms with van der Waals surface area (Å²) in [5, 5.41) is 11.0. The van der Waals surface area contributed by atoms with E-state index in [2.05, 4.69) is 0 Å². The first-order valence-electron chi connectivity index (χ1n) is 6.60. The Balaban J connectivity index is 2.91. The Morgan fingerprint density at radius 3 is 2.38 bits per heavy atom. The molecule has 1 amide bonds. The van der Waals surface area contributed by atoms with Crippen molar-refractivity contribution in [2.75, 3.05) is 19.7 Å². The lowest BCUT2D eigenvalue weighted by molar-refractivity contribution is -0.385. The number of hydrogen-bond donors (Lipinski definition) is 0. The number of ether oxygens (including phenoxy) is 1. The molecule has 114 valence electrons. The van der Waals surface area contributed by atoms with E-state index in [9.17, 15) is 19.7 Å². The summed E-state index contributed by atoms with van der Waals surface area (Å²) in [7, 11) is 0. The van der Waals surface area contributed by atoms with Gasteiger partial charge in [0.15, 0.2) is 18.1 Å². The summed E-state index contributed by atoms with van der Waals surface area (Å²) in [6.45, 7) is 5.82. The minimum Gasteiger partial charge on any atom is -0.477 e. The Bertz CT molecular complexity index is 552. The third-order valence-electron chi connectivity index (χ3n) is 3.03. The third-order valence-corrected chi connectivity index (χ3v) is 3.03. The Morgan fingerprint density at radius 1 is 1.29 bits per heavy atom. The highest BCUT2D eigenvalue weighted by molar-refractivity contribution is 5.95. The molecule has 7 heteroatoms. The molecule has 0 aromatic heterocycles. The fourth-order valence-electron chi connectivity index (χ4n) is 1.81. The van der Waals surface area contributed by atoms with Crippen molar-refractivity contribution in [1.82, 2.24) is 4.90 Å². The number of likely N-dealkylation sites (N-methyl/N-ethyl adjacent to an activating group) is 1. The molecule has 0 unspecified atom stereocenters. The number of carbonyl (C=O) groups excluding carboxylic acids is 2. The zero-order valence-corrected chi connectivity index (χ0v) is 12.3. The summed E-state index contributed by atoms with van der Waals surface area (Å²) in [4.78, 5) is 35.0. The summed E-state index contributed by atoms with van der Waals surface area (Å²) < 4.78 is 5.24. The van der Waals surface area contributed by atoms with Crippen LogP contribution in [0.1, 0.15) is 31.1 Å². The van der Waals surface area contributed by atoms with Crippen molar-refractivity contribution >= 4 is 17.4 Å². The molecule has 21 heavy (non-hydrogen) atoms. The normalized spacial score (nSPS) is 10.0. The topological polar surface area (TPSA) is 89.8 Å². The summed E-state index contributed by atoms with van der Waals surface area (Å²) in [5.41, 5.74) is -0.0980. The largest absolute Gasteiger partial charge is 0.477 e. The van der Waals surface area contributed by atoms with Gasteiger partial charge in [-0.3, -0.25) is 19.7 Å². The van der Waals surface area contributed by atoms with Crippen LogP contribution in [0.25, 0.3) is 0 Å². The van der Waals surface area contributed by atoms with E-state index < -0.39 is 4.92 Å². The van der Waals surface area contributed by atoms with E-state index in [4.69, 9.17) is 4.74 Å². The molecule has 0 spiro atoms. The highest BCUT2D eigenvalue weighted by Crippen LogP contribution is 2.28. The van der Waals surface area contributed by atoms with Crippen molar-refractivity contribution in [3.8, 4) is 5.75 Å². The molecule has 0 N–H and O–H groups in total. The minimum absolute atomic E-state index is 0.0227. The maximum absolute atomic E-state index is 11.8. The average molecular weight is 294 g/mol. The first-order chi connectivity index (χ1) is 9.90. The van der Waals surface area contributed by atoms with Gasteiger partial charge in [0.05, 0.1) is 4.92 Å². The van der Waals surface area contributed by atoms with Crippen molar-refractivity contribution in [2.24, 2.45) is 0 Å². The fourth-order valence-corrected chi connectivity index (χ4v) is 1.81. The number of carbonyl (C=O) groups is 2. The molecule has 0 aliphatic rings. The van der Waals surface area contributed by atoms with Gasteiger partial charge in [-0.2, -0.15) is 0 Å². The van der Waals surface area contributed by atoms with Crippen LogP contribution < -0.4 is 4.74 Å². The van der Waals surface area contributed by atoms with Gasteiger partial charge in [0.1, 0.15) is 0 Å². The van der Waals surface area contributed by atoms with Gasteiger partial charge in [-0.05, 0) is 32.9 Å². The van der Waals surface area contributed by atoms with Gasteiger partial charge in [-0.25, -0.2) is 0 Å². The van der Waals surface area contributed by atoms with Crippen LogP contribution >= 0.6 is 0 Å². The number of benzene rings is 1. The molecule has 0 bridgehead atoms. The van der Waals surface area contributed by atoms with Crippen LogP contribution in [0, 0.1) is 10.1 Å². The predicted molar refractivity (Wildman–Crippen MR) is 76.5 cm³/mol. The highest BCUT2D eigenvalue weighted by Gasteiger charge is 2.19. The Morgan fingerprint density at radius 2 is 1.90 bits per heavy atom. The van der Waals surface area contributed by atoms with Gasteiger partial charge < -0.3 is 9.64 Å². The van der Waals surface area contributed by atoms with Gasteiger partial charge >= 0.3 is 5.69 Å². The SMILES string of the molecule is CCN(CC)C(=O)COc1ccc(C(C)=O)cc1[N+](=O)[O-]. The number of nitro groups is 1. The van der Waals surface area contributed by atoms with E-state index in [1.165, 1.54) is 19.1 Å². The van der Waals surface area contributed by atoms with Gasteiger partial charge in [0.25, 0.3) is 5.91 Å². The average Bonchev–Trinajstić information content (AvgIpc) is 2.45. The van der Waals surface area contributed by atoms with E-state index in [0.717, 1.165) is 6.07 Å². The van der Waals surface area contributed by atoms with Crippen LogP contribution in [0.5, 0.6) is 5.75 Å². The molecule has 0 aliphatic carbocycles. The standard InChI is InChI=1S/C14H18N2O5/c1-4-15(5-2)14(18)9-21-13-7-6-11(10(3)17)8-12(13)16(19)20/h6-8H,4-5,9H2,1-3H3. The smallest absolute Gasteiger partial charge is 0.311 e. The molecule has 7 nitrogen and oxygen atoms in total. The lowest BCUT2D eigenvalue weighted by Gasteiger charge is -2.18. The maximum atomic E-state index is 11.8. The lowest BCUT2D eigenvalue weighted by atomic mass is 10.1. The first-order valence-corrected chi connectivity index (χ1v) is 6.60. The van der Waals surface area contributed by atoms with E-state index in [0.29, 0.717) is 13.1 Å². The van der Waals surface area contributed by atoms with Crippen LogP contribution in [0.15, 0.2) is 18.2 Å². The zero-order chi connectivity index (χ0) is 16.0. The zero-order valence-electron chi connectivity index (χ0n) is 12.3. The van der Waals surface area contributed by atoms with Gasteiger partial charge in [0, 0.05) is 24.7 Å². The summed E-state index contributed by atoms with van der Waals surface area (Å²) in [6.07, 6.45) is 0. The highest BCUT2D eigenvalue weighted by atomic mass is 16.6. The predicted octanol–water partition coefficient (Wildman–Crippen LogP) is 2.04. The van der Waals surface area contributed by atoms with Crippen LogP contribution in [0.2, 0.25) is 0 Å². The van der Waals surface area contributed by atoms with E-state index in [1.807, 2.05) is 13.8 Å². The van der Waals surface area contributed by atoms with Gasteiger partial charge in [-0.15, -0.1) is 0 Å². The number of rotatable bonds is 7. The maximum Gasteiger partial charge on any atom is 0.311 e. The van der Waals surface area contributed by atoms with Crippen molar-refractivity contribution < 1.29 is 19.2 Å². The quantitative estimate of drug-likeness (QED) is 0.436. The van der Waals surface area contributed by atoms with Crippen molar-refractivity contribution in [3.05, 3.63) is 33.9 Å².